The predicted octanol–water partition coefficient (Wildman–Crippen LogP) is 1.57. The van der Waals surface area contributed by atoms with Crippen molar-refractivity contribution in [3.8, 4) is 0 Å². The van der Waals surface area contributed by atoms with E-state index in [-0.39, 0.29) is 11.5 Å². The summed E-state index contributed by atoms with van der Waals surface area (Å²) in [5, 5.41) is 10.7. The molecule has 1 aliphatic heterocycles. The van der Waals surface area contributed by atoms with E-state index in [1.807, 2.05) is 4.90 Å². The standard InChI is InChI=1S/C15H14F3N5O2/c16-15(17,18)12-2-1-5-19-14(12)22-8-6-21(7-9-22)13-4-3-11(10-20-13)23(24)25/h1-5,10H,6-9H2/p+2. The monoisotopic (exact) mass is 355 g/mol. The number of hydrogen-bond acceptors (Lipinski definition) is 4. The second kappa shape index (κ2) is 6.54. The topological polar surface area (TPSA) is 77.9 Å². The summed E-state index contributed by atoms with van der Waals surface area (Å²) in [6.45, 7) is 1.78. The lowest BCUT2D eigenvalue weighted by Gasteiger charge is -2.27. The number of pyridine rings is 2. The molecule has 0 bridgehead atoms. The SMILES string of the molecule is O=[N+]([O-])c1ccc(N2CCN(c3[nH+]cccc3C(F)(F)F)CC2)[nH+]c1. The summed E-state index contributed by atoms with van der Waals surface area (Å²) in [5.74, 6) is 0.751. The molecule has 2 aromatic heterocycles. The largest absolute Gasteiger partial charge is 0.424 e. The highest BCUT2D eigenvalue weighted by Crippen LogP contribution is 2.34. The Hall–Kier alpha value is -2.91. The second-order valence-corrected chi connectivity index (χ2v) is 5.59. The summed E-state index contributed by atoms with van der Waals surface area (Å²) in [5.41, 5.74) is -0.735. The lowest BCUT2D eigenvalue weighted by molar-refractivity contribution is -0.414. The van der Waals surface area contributed by atoms with Crippen molar-refractivity contribution in [1.82, 2.24) is 0 Å². The number of aromatic nitrogens is 2. The van der Waals surface area contributed by atoms with Crippen molar-refractivity contribution < 1.29 is 28.1 Å². The van der Waals surface area contributed by atoms with Gasteiger partial charge in [-0.25, -0.2) is 9.97 Å². The third kappa shape index (κ3) is 3.62. The Morgan fingerprint density at radius 3 is 2.28 bits per heavy atom. The molecule has 7 nitrogen and oxygen atoms in total. The summed E-state index contributed by atoms with van der Waals surface area (Å²) in [6, 6.07) is 5.38. The third-order valence-corrected chi connectivity index (χ3v) is 4.07. The zero-order chi connectivity index (χ0) is 18.0. The third-order valence-electron chi connectivity index (χ3n) is 4.07. The molecule has 0 atom stereocenters. The molecule has 3 heterocycles. The van der Waals surface area contributed by atoms with E-state index < -0.39 is 16.7 Å². The Labute approximate surface area is 140 Å². The molecule has 0 saturated carbocycles. The number of nitrogens with zero attached hydrogens (tertiary/aromatic N) is 3. The summed E-state index contributed by atoms with van der Waals surface area (Å²) in [7, 11) is 0. The van der Waals surface area contributed by atoms with E-state index in [0.29, 0.717) is 32.0 Å². The first kappa shape index (κ1) is 16.9. The first-order valence-electron chi connectivity index (χ1n) is 7.60. The maximum atomic E-state index is 13.1. The van der Waals surface area contributed by atoms with Crippen LogP contribution in [0, 0.1) is 10.1 Å². The average Bonchev–Trinajstić information content (AvgIpc) is 2.61. The summed E-state index contributed by atoms with van der Waals surface area (Å²) < 4.78 is 39.4. The molecular formula is C15H16F3N5O2+2. The van der Waals surface area contributed by atoms with E-state index in [1.54, 1.807) is 11.0 Å². The molecule has 0 radical (unpaired) electrons. The van der Waals surface area contributed by atoms with Crippen LogP contribution in [0.5, 0.6) is 0 Å². The van der Waals surface area contributed by atoms with E-state index in [1.165, 1.54) is 24.5 Å². The fourth-order valence-corrected chi connectivity index (χ4v) is 2.81. The van der Waals surface area contributed by atoms with Crippen molar-refractivity contribution in [3.05, 3.63) is 52.3 Å². The Morgan fingerprint density at radius 2 is 1.72 bits per heavy atom. The second-order valence-electron chi connectivity index (χ2n) is 5.59. The number of nitro groups is 1. The molecule has 2 aromatic rings. The number of rotatable bonds is 3. The highest BCUT2D eigenvalue weighted by Gasteiger charge is 2.40. The Bertz CT molecular complexity index is 759. The van der Waals surface area contributed by atoms with E-state index in [9.17, 15) is 23.3 Å². The molecule has 0 unspecified atom stereocenters. The summed E-state index contributed by atoms with van der Waals surface area (Å²) in [4.78, 5) is 19.3. The van der Waals surface area contributed by atoms with Crippen LogP contribution in [0.15, 0.2) is 36.7 Å². The van der Waals surface area contributed by atoms with Gasteiger partial charge in [-0.2, -0.15) is 13.2 Å². The normalized spacial score (nSPS) is 15.3. The number of anilines is 2. The van der Waals surface area contributed by atoms with E-state index in [4.69, 9.17) is 0 Å². The highest BCUT2D eigenvalue weighted by atomic mass is 19.4. The lowest BCUT2D eigenvalue weighted by atomic mass is 10.2. The van der Waals surface area contributed by atoms with Gasteiger partial charge in [0.05, 0.1) is 11.1 Å². The van der Waals surface area contributed by atoms with Gasteiger partial charge in [-0.05, 0) is 12.1 Å². The van der Waals surface area contributed by atoms with Crippen LogP contribution in [0.3, 0.4) is 0 Å². The van der Waals surface area contributed by atoms with Crippen molar-refractivity contribution in [2.45, 2.75) is 6.18 Å². The van der Waals surface area contributed by atoms with Crippen LogP contribution in [0.25, 0.3) is 0 Å². The van der Waals surface area contributed by atoms with Gasteiger partial charge in [0.25, 0.3) is 11.6 Å². The van der Waals surface area contributed by atoms with Gasteiger partial charge in [-0.1, -0.05) is 0 Å². The van der Waals surface area contributed by atoms with Crippen LogP contribution < -0.4 is 19.8 Å². The van der Waals surface area contributed by atoms with Gasteiger partial charge >= 0.3 is 11.9 Å². The van der Waals surface area contributed by atoms with Gasteiger partial charge in [0.1, 0.15) is 31.7 Å². The summed E-state index contributed by atoms with van der Waals surface area (Å²) in [6.07, 6.45) is -1.65. The van der Waals surface area contributed by atoms with Gasteiger partial charge in [0.2, 0.25) is 0 Å². The molecule has 1 aliphatic rings. The highest BCUT2D eigenvalue weighted by molar-refractivity contribution is 5.46. The minimum absolute atomic E-state index is 0.0453. The molecule has 10 heteroatoms. The molecule has 3 rings (SSSR count). The number of H-pyrrole nitrogens is 2. The van der Waals surface area contributed by atoms with E-state index >= 15 is 0 Å². The molecule has 25 heavy (non-hydrogen) atoms. The number of piperazine rings is 1. The van der Waals surface area contributed by atoms with Crippen molar-refractivity contribution in [1.29, 1.82) is 0 Å². The number of halogens is 3. The van der Waals surface area contributed by atoms with Gasteiger partial charge < -0.3 is 0 Å². The maximum Gasteiger partial charge on any atom is 0.424 e. The fraction of sp³-hybridized carbons (Fsp3) is 0.333. The van der Waals surface area contributed by atoms with E-state index in [0.717, 1.165) is 6.07 Å². The predicted molar refractivity (Wildman–Crippen MR) is 82.1 cm³/mol. The zero-order valence-corrected chi connectivity index (χ0v) is 13.1. The first-order valence-corrected chi connectivity index (χ1v) is 7.60. The zero-order valence-electron chi connectivity index (χ0n) is 13.1. The quantitative estimate of drug-likeness (QED) is 0.618. The molecular weight excluding hydrogens is 339 g/mol. The first-order chi connectivity index (χ1) is 11.9. The van der Waals surface area contributed by atoms with Gasteiger partial charge in [0, 0.05) is 12.1 Å². The van der Waals surface area contributed by atoms with Crippen LogP contribution >= 0.6 is 0 Å². The fourth-order valence-electron chi connectivity index (χ4n) is 2.81. The Balaban J connectivity index is 1.71. The average molecular weight is 355 g/mol. The van der Waals surface area contributed by atoms with Crippen LogP contribution in [0.2, 0.25) is 0 Å². The van der Waals surface area contributed by atoms with Crippen LogP contribution in [0.1, 0.15) is 5.56 Å². The molecule has 2 N–H and O–H groups in total. The molecule has 0 spiro atoms. The van der Waals surface area contributed by atoms with Crippen LogP contribution in [0.4, 0.5) is 30.5 Å². The van der Waals surface area contributed by atoms with Crippen molar-refractivity contribution in [2.24, 2.45) is 0 Å². The Kier molecular flexibility index (Phi) is 4.43. The van der Waals surface area contributed by atoms with Crippen LogP contribution in [-0.4, -0.2) is 31.1 Å². The number of nitrogens with one attached hydrogen (secondary N) is 2. The van der Waals surface area contributed by atoms with Gasteiger partial charge in [-0.15, -0.1) is 0 Å². The molecule has 0 aliphatic carbocycles. The van der Waals surface area contributed by atoms with Crippen LogP contribution in [-0.2, 0) is 6.18 Å². The number of hydrogen-bond donors (Lipinski definition) is 0. The number of alkyl halides is 3. The lowest BCUT2D eigenvalue weighted by Crippen LogP contribution is -2.50. The summed E-state index contributed by atoms with van der Waals surface area (Å²) >= 11 is 0. The van der Waals surface area contributed by atoms with Gasteiger partial charge in [0.15, 0.2) is 6.20 Å². The van der Waals surface area contributed by atoms with Crippen molar-refractivity contribution >= 4 is 17.3 Å². The van der Waals surface area contributed by atoms with Crippen molar-refractivity contribution in [2.75, 3.05) is 36.0 Å². The molecule has 0 amide bonds. The molecule has 0 aromatic carbocycles. The van der Waals surface area contributed by atoms with Crippen molar-refractivity contribution in [3.63, 3.8) is 0 Å². The molecule has 1 saturated heterocycles. The smallest absolute Gasteiger partial charge is 0.258 e. The maximum absolute atomic E-state index is 13.1. The molecule has 132 valence electrons. The number of aromatic amines is 2. The molecule has 1 fully saturated rings. The van der Waals surface area contributed by atoms with E-state index in [2.05, 4.69) is 9.97 Å². The Morgan fingerprint density at radius 1 is 1.04 bits per heavy atom. The van der Waals surface area contributed by atoms with Gasteiger partial charge in [-0.3, -0.25) is 19.9 Å². The minimum atomic E-state index is -4.42. The minimum Gasteiger partial charge on any atom is -0.258 e.